The van der Waals surface area contributed by atoms with Crippen LogP contribution in [0.25, 0.3) is 0 Å². The van der Waals surface area contributed by atoms with Crippen LogP contribution in [0.3, 0.4) is 0 Å². The second kappa shape index (κ2) is 7.41. The van der Waals surface area contributed by atoms with Crippen LogP contribution >= 0.6 is 0 Å². The van der Waals surface area contributed by atoms with Crippen LogP contribution in [0.2, 0.25) is 0 Å². The first-order valence-corrected chi connectivity index (χ1v) is 6.28. The third-order valence-electron chi connectivity index (χ3n) is 2.94. The summed E-state index contributed by atoms with van der Waals surface area (Å²) < 4.78 is 13.0. The maximum Gasteiger partial charge on any atom is 0.123 e. The topological polar surface area (TPSA) is 15.3 Å². The van der Waals surface area contributed by atoms with Crippen LogP contribution in [0.15, 0.2) is 24.3 Å². The highest BCUT2D eigenvalue weighted by Crippen LogP contribution is 2.05. The lowest BCUT2D eigenvalue weighted by molar-refractivity contribution is 0.317. The van der Waals surface area contributed by atoms with Crippen LogP contribution in [-0.2, 0) is 6.54 Å². The zero-order valence-electron chi connectivity index (χ0n) is 11.0. The molecule has 0 aromatic heterocycles. The Hall–Kier alpha value is -0.930. The molecular formula is C14H23FN2. The van der Waals surface area contributed by atoms with Crippen molar-refractivity contribution in [3.05, 3.63) is 35.6 Å². The predicted octanol–water partition coefficient (Wildman–Crippen LogP) is 2.65. The number of benzene rings is 1. The first-order valence-electron chi connectivity index (χ1n) is 6.28. The number of likely N-dealkylation sites (N-methyl/N-ethyl adjacent to an activating group) is 1. The molecule has 0 heterocycles. The van der Waals surface area contributed by atoms with Crippen molar-refractivity contribution in [3.63, 3.8) is 0 Å². The molecule has 0 saturated carbocycles. The van der Waals surface area contributed by atoms with Crippen molar-refractivity contribution >= 4 is 0 Å². The summed E-state index contributed by atoms with van der Waals surface area (Å²) >= 11 is 0. The van der Waals surface area contributed by atoms with E-state index in [4.69, 9.17) is 0 Å². The first kappa shape index (κ1) is 14.1. The normalized spacial score (nSPS) is 13.0. The van der Waals surface area contributed by atoms with Crippen molar-refractivity contribution in [3.8, 4) is 0 Å². The molecule has 0 spiro atoms. The molecule has 0 amide bonds. The van der Waals surface area contributed by atoms with E-state index in [2.05, 4.69) is 31.1 Å². The van der Waals surface area contributed by atoms with E-state index < -0.39 is 0 Å². The van der Waals surface area contributed by atoms with Gasteiger partial charge in [-0.25, -0.2) is 4.39 Å². The summed E-state index contributed by atoms with van der Waals surface area (Å²) in [5.74, 6) is -0.159. The molecule has 0 bridgehead atoms. The Morgan fingerprint density at radius 2 is 2.18 bits per heavy atom. The minimum absolute atomic E-state index is 0.159. The molecule has 0 aliphatic carbocycles. The summed E-state index contributed by atoms with van der Waals surface area (Å²) in [7, 11) is 2.06. The van der Waals surface area contributed by atoms with E-state index in [0.717, 1.165) is 31.6 Å². The molecule has 1 unspecified atom stereocenters. The fourth-order valence-electron chi connectivity index (χ4n) is 1.67. The van der Waals surface area contributed by atoms with Crippen molar-refractivity contribution in [1.82, 2.24) is 10.2 Å². The van der Waals surface area contributed by atoms with Gasteiger partial charge in [0, 0.05) is 25.7 Å². The largest absolute Gasteiger partial charge is 0.313 e. The van der Waals surface area contributed by atoms with Crippen molar-refractivity contribution in [2.45, 2.75) is 32.9 Å². The monoisotopic (exact) mass is 238 g/mol. The van der Waals surface area contributed by atoms with Gasteiger partial charge in [-0.1, -0.05) is 19.1 Å². The summed E-state index contributed by atoms with van der Waals surface area (Å²) in [6.07, 6.45) is 1.15. The molecule has 0 aliphatic rings. The van der Waals surface area contributed by atoms with Gasteiger partial charge in [-0.3, -0.25) is 0 Å². The van der Waals surface area contributed by atoms with Gasteiger partial charge in [0.25, 0.3) is 0 Å². The van der Waals surface area contributed by atoms with E-state index >= 15 is 0 Å². The number of halogens is 1. The Kier molecular flexibility index (Phi) is 6.16. The van der Waals surface area contributed by atoms with E-state index in [1.165, 1.54) is 6.07 Å². The van der Waals surface area contributed by atoms with Crippen LogP contribution in [0.4, 0.5) is 4.39 Å². The van der Waals surface area contributed by atoms with Crippen LogP contribution in [0.5, 0.6) is 0 Å². The summed E-state index contributed by atoms with van der Waals surface area (Å²) in [5.41, 5.74) is 1.02. The molecule has 1 aromatic rings. The van der Waals surface area contributed by atoms with Crippen LogP contribution in [0, 0.1) is 5.82 Å². The molecule has 0 aliphatic heterocycles. The molecule has 0 radical (unpaired) electrons. The van der Waals surface area contributed by atoms with E-state index in [0.29, 0.717) is 6.04 Å². The fraction of sp³-hybridized carbons (Fsp3) is 0.571. The average Bonchev–Trinajstić information content (AvgIpc) is 2.28. The highest BCUT2D eigenvalue weighted by atomic mass is 19.1. The lowest BCUT2D eigenvalue weighted by Crippen LogP contribution is -2.33. The number of nitrogens with one attached hydrogen (secondary N) is 1. The Balaban J connectivity index is 2.27. The quantitative estimate of drug-likeness (QED) is 0.785. The Labute approximate surface area is 104 Å². The van der Waals surface area contributed by atoms with Gasteiger partial charge in [0.05, 0.1) is 0 Å². The summed E-state index contributed by atoms with van der Waals surface area (Å²) in [5, 5.41) is 3.44. The molecule has 1 rings (SSSR count). The molecule has 2 nitrogen and oxygen atoms in total. The maximum atomic E-state index is 13.0. The second-order valence-corrected chi connectivity index (χ2v) is 4.63. The molecule has 3 heteroatoms. The van der Waals surface area contributed by atoms with Crippen molar-refractivity contribution in [2.75, 3.05) is 20.1 Å². The Morgan fingerprint density at radius 1 is 1.41 bits per heavy atom. The molecule has 1 N–H and O–H groups in total. The maximum absolute atomic E-state index is 13.0. The third-order valence-corrected chi connectivity index (χ3v) is 2.94. The van der Waals surface area contributed by atoms with Gasteiger partial charge < -0.3 is 10.2 Å². The number of hydrogen-bond donors (Lipinski definition) is 1. The van der Waals surface area contributed by atoms with Gasteiger partial charge in [0.15, 0.2) is 0 Å². The standard InChI is InChI=1S/C14H23FN2/c1-4-12(2)16-8-9-17(3)11-13-6-5-7-14(15)10-13/h5-7,10,12,16H,4,8-9,11H2,1-3H3. The summed E-state index contributed by atoms with van der Waals surface area (Å²) in [6.45, 7) is 7.10. The smallest absolute Gasteiger partial charge is 0.123 e. The Bertz CT molecular complexity index is 328. The molecule has 17 heavy (non-hydrogen) atoms. The minimum Gasteiger partial charge on any atom is -0.313 e. The van der Waals surface area contributed by atoms with Crippen LogP contribution in [0.1, 0.15) is 25.8 Å². The van der Waals surface area contributed by atoms with Gasteiger partial charge >= 0.3 is 0 Å². The fourth-order valence-corrected chi connectivity index (χ4v) is 1.67. The Morgan fingerprint density at radius 3 is 2.82 bits per heavy atom. The first-order chi connectivity index (χ1) is 8.11. The molecule has 1 atom stereocenters. The van der Waals surface area contributed by atoms with Gasteiger partial charge in [0.2, 0.25) is 0 Å². The molecule has 96 valence electrons. The number of nitrogens with zero attached hydrogens (tertiary/aromatic N) is 1. The zero-order valence-corrected chi connectivity index (χ0v) is 11.0. The molecule has 0 saturated heterocycles. The lowest BCUT2D eigenvalue weighted by Gasteiger charge is -2.18. The van der Waals surface area contributed by atoms with E-state index in [1.54, 1.807) is 12.1 Å². The van der Waals surface area contributed by atoms with Gasteiger partial charge in [-0.05, 0) is 38.1 Å². The van der Waals surface area contributed by atoms with E-state index in [1.807, 2.05) is 6.07 Å². The lowest BCUT2D eigenvalue weighted by atomic mass is 10.2. The highest BCUT2D eigenvalue weighted by Gasteiger charge is 2.02. The summed E-state index contributed by atoms with van der Waals surface area (Å²) in [6, 6.07) is 7.36. The van der Waals surface area contributed by atoms with Crippen LogP contribution < -0.4 is 5.32 Å². The highest BCUT2D eigenvalue weighted by molar-refractivity contribution is 5.15. The molecular weight excluding hydrogens is 215 g/mol. The van der Waals surface area contributed by atoms with Crippen molar-refractivity contribution in [1.29, 1.82) is 0 Å². The number of hydrogen-bond acceptors (Lipinski definition) is 2. The van der Waals surface area contributed by atoms with Crippen molar-refractivity contribution < 1.29 is 4.39 Å². The van der Waals surface area contributed by atoms with E-state index in [-0.39, 0.29) is 5.82 Å². The van der Waals surface area contributed by atoms with E-state index in [9.17, 15) is 4.39 Å². The predicted molar refractivity (Wildman–Crippen MR) is 70.5 cm³/mol. The van der Waals surface area contributed by atoms with Gasteiger partial charge in [-0.2, -0.15) is 0 Å². The molecule has 1 aromatic carbocycles. The average molecular weight is 238 g/mol. The van der Waals surface area contributed by atoms with Gasteiger partial charge in [-0.15, -0.1) is 0 Å². The molecule has 0 fully saturated rings. The van der Waals surface area contributed by atoms with Crippen LogP contribution in [-0.4, -0.2) is 31.1 Å². The number of rotatable bonds is 7. The van der Waals surface area contributed by atoms with Crippen molar-refractivity contribution in [2.24, 2.45) is 0 Å². The summed E-state index contributed by atoms with van der Waals surface area (Å²) in [4.78, 5) is 2.20. The third kappa shape index (κ3) is 5.80. The minimum atomic E-state index is -0.159. The zero-order chi connectivity index (χ0) is 12.7. The SMILES string of the molecule is CCC(C)NCCN(C)Cc1cccc(F)c1. The second-order valence-electron chi connectivity index (χ2n) is 4.63. The van der Waals surface area contributed by atoms with Gasteiger partial charge in [0.1, 0.15) is 5.82 Å².